The zero-order valence-electron chi connectivity index (χ0n) is 21.6. The number of dihydropyridines is 1. The van der Waals surface area contributed by atoms with Gasteiger partial charge in [0.1, 0.15) is 19.0 Å². The van der Waals surface area contributed by atoms with Crippen LogP contribution in [-0.4, -0.2) is 36.2 Å². The van der Waals surface area contributed by atoms with Crippen LogP contribution < -0.4 is 10.1 Å². The third kappa shape index (κ3) is 7.15. The lowest BCUT2D eigenvalue weighted by Gasteiger charge is -2.30. The van der Waals surface area contributed by atoms with Crippen molar-refractivity contribution in [2.75, 3.05) is 13.2 Å². The first-order valence-electron chi connectivity index (χ1n) is 11.9. The number of alkyl halides is 3. The number of halogens is 3. The molecule has 12 heteroatoms. The maximum Gasteiger partial charge on any atom is 0.416 e. The van der Waals surface area contributed by atoms with Gasteiger partial charge in [-0.2, -0.15) is 13.2 Å². The van der Waals surface area contributed by atoms with Crippen molar-refractivity contribution in [3.05, 3.63) is 92.3 Å². The summed E-state index contributed by atoms with van der Waals surface area (Å²) in [5, 5.41) is 14.4. The molecule has 0 aliphatic carbocycles. The van der Waals surface area contributed by atoms with Gasteiger partial charge < -0.3 is 19.5 Å². The number of nitrogens with one attached hydrogen (secondary N) is 1. The van der Waals surface area contributed by atoms with Crippen molar-refractivity contribution in [3.63, 3.8) is 0 Å². The first-order valence-corrected chi connectivity index (χ1v) is 11.9. The molecule has 0 aromatic heterocycles. The van der Waals surface area contributed by atoms with Gasteiger partial charge in [0, 0.05) is 23.5 Å². The minimum atomic E-state index is -4.54. The van der Waals surface area contributed by atoms with E-state index in [9.17, 15) is 32.9 Å². The molecule has 0 fully saturated rings. The van der Waals surface area contributed by atoms with E-state index >= 15 is 0 Å². The Labute approximate surface area is 222 Å². The SMILES string of the molecule is CC1=C(C(=O)OCCOc2cccc(C(F)(F)F)c2)C(c2cccc([N+](=O)[O-])c2)C(C(=O)OC(C)C)=C(C)N1. The standard InChI is InChI=1S/C27H27F3N2O7/c1-15(2)39-26(34)23-17(4)31-16(3)22(24(23)18-7-5-9-20(13-18)32(35)36)25(33)38-12-11-37-21-10-6-8-19(14-21)27(28,29)30/h5-10,13-15,24,31H,11-12H2,1-4H3. The van der Waals surface area contributed by atoms with Crippen molar-refractivity contribution in [3.8, 4) is 5.75 Å². The lowest BCUT2D eigenvalue weighted by atomic mass is 9.80. The minimum Gasteiger partial charge on any atom is -0.490 e. The molecule has 9 nitrogen and oxygen atoms in total. The number of nitrogens with zero attached hydrogens (tertiary/aromatic N) is 1. The van der Waals surface area contributed by atoms with E-state index in [1.54, 1.807) is 33.8 Å². The van der Waals surface area contributed by atoms with Crippen molar-refractivity contribution < 1.29 is 41.9 Å². The molecule has 0 amide bonds. The van der Waals surface area contributed by atoms with Crippen LogP contribution in [0.4, 0.5) is 18.9 Å². The highest BCUT2D eigenvalue weighted by Gasteiger charge is 2.39. The number of nitro groups is 1. The number of nitro benzene ring substituents is 1. The van der Waals surface area contributed by atoms with Gasteiger partial charge in [-0.1, -0.05) is 18.2 Å². The molecule has 0 radical (unpaired) electrons. The van der Waals surface area contributed by atoms with E-state index in [0.717, 1.165) is 12.1 Å². The largest absolute Gasteiger partial charge is 0.490 e. The first-order chi connectivity index (χ1) is 18.3. The molecule has 208 valence electrons. The molecule has 0 bridgehead atoms. The van der Waals surface area contributed by atoms with Gasteiger partial charge in [-0.05, 0) is 51.5 Å². The van der Waals surface area contributed by atoms with Crippen LogP contribution in [0.2, 0.25) is 0 Å². The van der Waals surface area contributed by atoms with E-state index in [0.29, 0.717) is 17.0 Å². The van der Waals surface area contributed by atoms with E-state index in [-0.39, 0.29) is 35.8 Å². The molecule has 1 N–H and O–H groups in total. The number of benzene rings is 2. The molecule has 3 rings (SSSR count). The van der Waals surface area contributed by atoms with Crippen molar-refractivity contribution in [2.24, 2.45) is 0 Å². The smallest absolute Gasteiger partial charge is 0.416 e. The predicted octanol–water partition coefficient (Wildman–Crippen LogP) is 5.42. The number of hydrogen-bond acceptors (Lipinski definition) is 8. The Kier molecular flexibility index (Phi) is 9.00. The van der Waals surface area contributed by atoms with E-state index in [2.05, 4.69) is 5.32 Å². The normalized spacial score (nSPS) is 15.6. The maximum absolute atomic E-state index is 13.3. The van der Waals surface area contributed by atoms with Crippen LogP contribution in [0.5, 0.6) is 5.75 Å². The van der Waals surface area contributed by atoms with E-state index in [4.69, 9.17) is 14.2 Å². The van der Waals surface area contributed by atoms with Gasteiger partial charge in [0.05, 0.1) is 33.7 Å². The number of ether oxygens (including phenoxy) is 3. The van der Waals surface area contributed by atoms with Crippen LogP contribution >= 0.6 is 0 Å². The van der Waals surface area contributed by atoms with Gasteiger partial charge in [-0.15, -0.1) is 0 Å². The molecular formula is C27H27F3N2O7. The summed E-state index contributed by atoms with van der Waals surface area (Å²) in [5.74, 6) is -2.65. The second-order valence-corrected chi connectivity index (χ2v) is 8.95. The summed E-state index contributed by atoms with van der Waals surface area (Å²) < 4.78 is 54.8. The molecule has 39 heavy (non-hydrogen) atoms. The van der Waals surface area contributed by atoms with Crippen LogP contribution in [-0.2, 0) is 25.2 Å². The molecule has 1 aliphatic heterocycles. The number of non-ortho nitro benzene ring substituents is 1. The summed E-state index contributed by atoms with van der Waals surface area (Å²) in [6.07, 6.45) is -5.01. The molecule has 1 atom stereocenters. The topological polar surface area (TPSA) is 117 Å². The lowest BCUT2D eigenvalue weighted by molar-refractivity contribution is -0.384. The Morgan fingerprint density at radius 2 is 1.64 bits per heavy atom. The number of carbonyl (C=O) groups excluding carboxylic acids is 2. The second kappa shape index (κ2) is 12.0. The van der Waals surface area contributed by atoms with Crippen molar-refractivity contribution in [1.29, 1.82) is 0 Å². The fourth-order valence-corrected chi connectivity index (χ4v) is 4.10. The molecule has 0 spiro atoms. The van der Waals surface area contributed by atoms with Crippen LogP contribution in [0.25, 0.3) is 0 Å². The van der Waals surface area contributed by atoms with Gasteiger partial charge in [0.25, 0.3) is 5.69 Å². The van der Waals surface area contributed by atoms with Gasteiger partial charge in [-0.25, -0.2) is 9.59 Å². The Bertz CT molecular complexity index is 1330. The molecule has 1 aliphatic rings. The third-order valence-corrected chi connectivity index (χ3v) is 5.70. The minimum absolute atomic E-state index is 0.0240. The van der Waals surface area contributed by atoms with Crippen molar-refractivity contribution in [2.45, 2.75) is 45.9 Å². The fraction of sp³-hybridized carbons (Fsp3) is 0.333. The van der Waals surface area contributed by atoms with Crippen LogP contribution in [0.3, 0.4) is 0 Å². The fourth-order valence-electron chi connectivity index (χ4n) is 4.10. The summed E-state index contributed by atoms with van der Waals surface area (Å²) in [6, 6.07) is 9.82. The zero-order valence-corrected chi connectivity index (χ0v) is 21.6. The lowest BCUT2D eigenvalue weighted by Crippen LogP contribution is -2.33. The highest BCUT2D eigenvalue weighted by molar-refractivity contribution is 6.00. The van der Waals surface area contributed by atoms with E-state index < -0.39 is 40.6 Å². The van der Waals surface area contributed by atoms with E-state index in [1.807, 2.05) is 0 Å². The van der Waals surface area contributed by atoms with Gasteiger partial charge >= 0.3 is 18.1 Å². The number of carbonyl (C=O) groups is 2. The average Bonchev–Trinajstić information content (AvgIpc) is 2.85. The maximum atomic E-state index is 13.3. The Morgan fingerprint density at radius 1 is 1.00 bits per heavy atom. The molecule has 0 saturated carbocycles. The summed E-state index contributed by atoms with van der Waals surface area (Å²) in [4.78, 5) is 37.2. The van der Waals surface area contributed by atoms with Gasteiger partial charge in [0.2, 0.25) is 0 Å². The van der Waals surface area contributed by atoms with Gasteiger partial charge in [-0.3, -0.25) is 10.1 Å². The summed E-state index contributed by atoms with van der Waals surface area (Å²) >= 11 is 0. The molecule has 2 aromatic rings. The second-order valence-electron chi connectivity index (χ2n) is 8.95. The highest BCUT2D eigenvalue weighted by atomic mass is 19.4. The Hall–Kier alpha value is -4.35. The molecule has 1 unspecified atom stereocenters. The molecule has 2 aromatic carbocycles. The summed E-state index contributed by atoms with van der Waals surface area (Å²) in [7, 11) is 0. The van der Waals surface area contributed by atoms with Crippen molar-refractivity contribution in [1.82, 2.24) is 5.32 Å². The van der Waals surface area contributed by atoms with Crippen LogP contribution in [0.15, 0.2) is 71.1 Å². The predicted molar refractivity (Wildman–Crippen MR) is 133 cm³/mol. The quantitative estimate of drug-likeness (QED) is 0.191. The Balaban J connectivity index is 1.86. The number of rotatable bonds is 9. The number of hydrogen-bond donors (Lipinski definition) is 1. The molecular weight excluding hydrogens is 521 g/mol. The van der Waals surface area contributed by atoms with Crippen LogP contribution in [0.1, 0.15) is 44.7 Å². The molecule has 1 heterocycles. The Morgan fingerprint density at radius 3 is 2.26 bits per heavy atom. The number of esters is 2. The summed E-state index contributed by atoms with van der Waals surface area (Å²) in [5.41, 5.74) is 0.0482. The highest BCUT2D eigenvalue weighted by Crippen LogP contribution is 2.40. The monoisotopic (exact) mass is 548 g/mol. The van der Waals surface area contributed by atoms with Crippen molar-refractivity contribution >= 4 is 17.6 Å². The van der Waals surface area contributed by atoms with Crippen LogP contribution in [0, 0.1) is 10.1 Å². The van der Waals surface area contributed by atoms with E-state index in [1.165, 1.54) is 30.3 Å². The first kappa shape index (κ1) is 29.2. The molecule has 0 saturated heterocycles. The average molecular weight is 549 g/mol. The zero-order chi connectivity index (χ0) is 28.9. The third-order valence-electron chi connectivity index (χ3n) is 5.70. The number of allylic oxidation sites excluding steroid dienone is 2. The van der Waals surface area contributed by atoms with Gasteiger partial charge in [0.15, 0.2) is 0 Å². The summed E-state index contributed by atoms with van der Waals surface area (Å²) in [6.45, 7) is 5.97.